The van der Waals surface area contributed by atoms with Crippen molar-refractivity contribution in [3.63, 3.8) is 0 Å². The summed E-state index contributed by atoms with van der Waals surface area (Å²) in [5.74, 6) is 1.22. The Morgan fingerprint density at radius 3 is 2.33 bits per heavy atom. The van der Waals surface area contributed by atoms with Crippen molar-refractivity contribution in [1.82, 2.24) is 9.78 Å². The molecule has 112 valence electrons. The standard InChI is InChI=1S/C18H26N3/c1-12-9-13(2)17(14(3)10-12)21-11-20-15(18(4,5)6)7-8-16(20)19-21/h9-11,15H,7-8H2,1-6H3/q+1/t15-/m1/s1. The molecule has 1 aromatic carbocycles. The Bertz CT molecular complexity index is 666. The molecule has 0 saturated carbocycles. The first kappa shape index (κ1) is 14.3. The molecule has 2 heterocycles. The second kappa shape index (κ2) is 4.69. The minimum Gasteiger partial charge on any atom is -0.231 e. The number of rotatable bonds is 1. The van der Waals surface area contributed by atoms with Crippen LogP contribution in [0.15, 0.2) is 18.5 Å². The molecule has 0 spiro atoms. The number of benzene rings is 1. The number of aryl methyl sites for hydroxylation is 4. The van der Waals surface area contributed by atoms with Crippen molar-refractivity contribution in [2.24, 2.45) is 5.41 Å². The van der Waals surface area contributed by atoms with Crippen molar-refractivity contribution in [1.29, 1.82) is 0 Å². The van der Waals surface area contributed by atoms with Crippen LogP contribution in [0.1, 0.15) is 55.7 Å². The molecule has 1 aliphatic heterocycles. The minimum atomic E-state index is 0.279. The van der Waals surface area contributed by atoms with Gasteiger partial charge >= 0.3 is 0 Å². The first-order valence-electron chi connectivity index (χ1n) is 7.85. The monoisotopic (exact) mass is 284 g/mol. The van der Waals surface area contributed by atoms with Gasteiger partial charge in [0.05, 0.1) is 6.04 Å². The van der Waals surface area contributed by atoms with Crippen LogP contribution in [0.3, 0.4) is 0 Å². The van der Waals surface area contributed by atoms with Crippen LogP contribution in [-0.2, 0) is 6.42 Å². The van der Waals surface area contributed by atoms with Crippen molar-refractivity contribution in [3.8, 4) is 5.69 Å². The van der Waals surface area contributed by atoms with E-state index < -0.39 is 0 Å². The zero-order valence-electron chi connectivity index (χ0n) is 14.1. The number of hydrogen-bond donors (Lipinski definition) is 0. The summed E-state index contributed by atoms with van der Waals surface area (Å²) >= 11 is 0. The van der Waals surface area contributed by atoms with Crippen LogP contribution in [0, 0.1) is 26.2 Å². The Balaban J connectivity index is 2.08. The lowest BCUT2D eigenvalue weighted by atomic mass is 9.85. The molecule has 0 bridgehead atoms. The Hall–Kier alpha value is -1.64. The molecule has 3 nitrogen and oxygen atoms in total. The van der Waals surface area contributed by atoms with Crippen molar-refractivity contribution in [2.75, 3.05) is 0 Å². The van der Waals surface area contributed by atoms with Crippen LogP contribution in [0.4, 0.5) is 0 Å². The zero-order valence-corrected chi connectivity index (χ0v) is 14.1. The Morgan fingerprint density at radius 2 is 1.76 bits per heavy atom. The molecule has 0 amide bonds. The molecule has 0 saturated heterocycles. The maximum Gasteiger partial charge on any atom is 0.278 e. The molecule has 3 heteroatoms. The van der Waals surface area contributed by atoms with Crippen LogP contribution >= 0.6 is 0 Å². The fourth-order valence-corrected chi connectivity index (χ4v) is 3.72. The van der Waals surface area contributed by atoms with Crippen molar-refractivity contribution >= 4 is 0 Å². The van der Waals surface area contributed by atoms with Gasteiger partial charge in [-0.2, -0.15) is 0 Å². The molecule has 0 unspecified atom stereocenters. The van der Waals surface area contributed by atoms with Crippen molar-refractivity contribution in [2.45, 2.75) is 60.4 Å². The summed E-state index contributed by atoms with van der Waals surface area (Å²) in [6.07, 6.45) is 4.49. The lowest BCUT2D eigenvalue weighted by Gasteiger charge is -2.24. The van der Waals surface area contributed by atoms with Gasteiger partial charge in [-0.3, -0.25) is 0 Å². The van der Waals surface area contributed by atoms with E-state index >= 15 is 0 Å². The van der Waals surface area contributed by atoms with E-state index in [-0.39, 0.29) is 5.41 Å². The second-order valence-electron chi connectivity index (χ2n) is 7.55. The van der Waals surface area contributed by atoms with Crippen LogP contribution < -0.4 is 4.57 Å². The van der Waals surface area contributed by atoms with E-state index in [0.717, 1.165) is 6.42 Å². The Morgan fingerprint density at radius 1 is 1.14 bits per heavy atom. The summed E-state index contributed by atoms with van der Waals surface area (Å²) in [6.45, 7) is 13.5. The predicted octanol–water partition coefficient (Wildman–Crippen LogP) is 3.62. The summed E-state index contributed by atoms with van der Waals surface area (Å²) in [5, 5.41) is 4.86. The molecule has 0 aliphatic carbocycles. The lowest BCUT2D eigenvalue weighted by Crippen LogP contribution is -2.43. The number of fused-ring (bicyclic) bond motifs is 1. The Kier molecular flexibility index (Phi) is 3.19. The average molecular weight is 284 g/mol. The molecular weight excluding hydrogens is 258 g/mol. The van der Waals surface area contributed by atoms with Crippen LogP contribution in [0.2, 0.25) is 0 Å². The maximum absolute atomic E-state index is 4.86. The number of nitrogens with zero attached hydrogens (tertiary/aromatic N) is 3. The normalized spacial score (nSPS) is 18.1. The molecule has 3 rings (SSSR count). The number of aromatic nitrogens is 3. The van der Waals surface area contributed by atoms with E-state index in [0.29, 0.717) is 6.04 Å². The van der Waals surface area contributed by atoms with E-state index in [4.69, 9.17) is 5.10 Å². The summed E-state index contributed by atoms with van der Waals surface area (Å²) in [5.41, 5.74) is 5.41. The first-order chi connectivity index (χ1) is 9.77. The number of hydrogen-bond acceptors (Lipinski definition) is 1. The van der Waals surface area contributed by atoms with Gasteiger partial charge in [0, 0.05) is 11.5 Å². The molecule has 21 heavy (non-hydrogen) atoms. The van der Waals surface area contributed by atoms with E-state index in [2.05, 4.69) is 69.3 Å². The molecule has 1 aromatic heterocycles. The summed E-state index contributed by atoms with van der Waals surface area (Å²) in [4.78, 5) is 0. The predicted molar refractivity (Wildman–Crippen MR) is 84.8 cm³/mol. The molecule has 2 aromatic rings. The van der Waals surface area contributed by atoms with Crippen molar-refractivity contribution in [3.05, 3.63) is 41.0 Å². The third-order valence-electron chi connectivity index (χ3n) is 4.60. The SMILES string of the molecule is Cc1cc(C)c(-n2c[n+]3c(n2)CC[C@@H]3C(C)(C)C)c(C)c1. The van der Waals surface area contributed by atoms with Gasteiger partial charge < -0.3 is 0 Å². The average Bonchev–Trinajstić information content (AvgIpc) is 2.84. The Labute approximate surface area is 127 Å². The first-order valence-corrected chi connectivity index (χ1v) is 7.85. The maximum atomic E-state index is 4.86. The van der Waals surface area contributed by atoms with Gasteiger partial charge in [-0.15, -0.1) is 0 Å². The van der Waals surface area contributed by atoms with Crippen LogP contribution in [0.25, 0.3) is 5.69 Å². The fourth-order valence-electron chi connectivity index (χ4n) is 3.72. The van der Waals surface area contributed by atoms with E-state index in [1.165, 1.54) is 34.6 Å². The van der Waals surface area contributed by atoms with Gasteiger partial charge in [0.1, 0.15) is 5.69 Å². The summed E-state index contributed by atoms with van der Waals surface area (Å²) in [6, 6.07) is 5.02. The molecular formula is C18H26N3+. The highest BCUT2D eigenvalue weighted by Crippen LogP contribution is 2.33. The van der Waals surface area contributed by atoms with Gasteiger partial charge in [-0.05, 0) is 43.7 Å². The quantitative estimate of drug-likeness (QED) is 0.733. The fraction of sp³-hybridized carbons (Fsp3) is 0.556. The van der Waals surface area contributed by atoms with E-state index in [1.807, 2.05) is 0 Å². The minimum absolute atomic E-state index is 0.279. The third kappa shape index (κ3) is 2.39. The molecule has 1 aliphatic rings. The topological polar surface area (TPSA) is 21.7 Å². The highest BCUT2D eigenvalue weighted by atomic mass is 15.4. The van der Waals surface area contributed by atoms with Gasteiger partial charge in [0.25, 0.3) is 5.82 Å². The van der Waals surface area contributed by atoms with Gasteiger partial charge in [-0.1, -0.05) is 43.1 Å². The second-order valence-corrected chi connectivity index (χ2v) is 7.55. The smallest absolute Gasteiger partial charge is 0.231 e. The summed E-state index contributed by atoms with van der Waals surface area (Å²) in [7, 11) is 0. The highest BCUT2D eigenvalue weighted by molar-refractivity contribution is 5.48. The highest BCUT2D eigenvalue weighted by Gasteiger charge is 2.39. The van der Waals surface area contributed by atoms with Gasteiger partial charge in [0.2, 0.25) is 6.33 Å². The molecule has 1 atom stereocenters. The largest absolute Gasteiger partial charge is 0.278 e. The molecule has 0 N–H and O–H groups in total. The summed E-state index contributed by atoms with van der Waals surface area (Å²) < 4.78 is 4.47. The van der Waals surface area contributed by atoms with Gasteiger partial charge in [-0.25, -0.2) is 4.57 Å². The van der Waals surface area contributed by atoms with Gasteiger partial charge in [0.15, 0.2) is 0 Å². The van der Waals surface area contributed by atoms with Crippen LogP contribution in [-0.4, -0.2) is 9.78 Å². The third-order valence-corrected chi connectivity index (χ3v) is 4.60. The van der Waals surface area contributed by atoms with E-state index in [9.17, 15) is 0 Å². The zero-order chi connectivity index (χ0) is 15.4. The molecule has 0 radical (unpaired) electrons. The lowest BCUT2D eigenvalue weighted by molar-refractivity contribution is -0.729. The van der Waals surface area contributed by atoms with Crippen LogP contribution in [0.5, 0.6) is 0 Å². The molecule has 0 fully saturated rings. The van der Waals surface area contributed by atoms with Crippen molar-refractivity contribution < 1.29 is 4.57 Å². The van der Waals surface area contributed by atoms with E-state index in [1.54, 1.807) is 0 Å².